The molecule has 2 aromatic carbocycles. The number of ether oxygens (including phenoxy) is 1. The summed E-state index contributed by atoms with van der Waals surface area (Å²) >= 11 is 0. The van der Waals surface area contributed by atoms with Crippen LogP contribution in [0.4, 0.5) is 5.82 Å². The van der Waals surface area contributed by atoms with Crippen LogP contribution in [0.1, 0.15) is 6.42 Å². The third-order valence-electron chi connectivity index (χ3n) is 4.79. The number of benzene rings is 2. The van der Waals surface area contributed by atoms with Gasteiger partial charge in [0.25, 0.3) is 0 Å². The zero-order valence-corrected chi connectivity index (χ0v) is 16.5. The normalized spacial score (nSPS) is 11.7. The highest BCUT2D eigenvalue weighted by Crippen LogP contribution is 2.32. The monoisotopic (exact) mass is 413 g/mol. The molecule has 1 atom stereocenters. The van der Waals surface area contributed by atoms with Gasteiger partial charge in [0.15, 0.2) is 5.65 Å². The number of nitrogens with two attached hydrogens (primary N) is 2. The maximum absolute atomic E-state index is 11.4. The molecular weight excluding hydrogens is 394 g/mol. The van der Waals surface area contributed by atoms with Crippen molar-refractivity contribution in [2.24, 2.45) is 11.7 Å². The summed E-state index contributed by atoms with van der Waals surface area (Å²) in [5.41, 5.74) is 13.3. The molecule has 0 saturated carbocycles. The molecule has 2 aromatic heterocycles. The fraction of sp³-hybridized carbons (Fsp3) is 0.136. The molecule has 154 valence electrons. The van der Waals surface area contributed by atoms with Gasteiger partial charge >= 0.3 is 0 Å². The zero-order chi connectivity index (χ0) is 21.8. The Labute approximate surface area is 177 Å². The fourth-order valence-corrected chi connectivity index (χ4v) is 3.22. The van der Waals surface area contributed by atoms with Crippen molar-refractivity contribution in [1.82, 2.24) is 19.7 Å². The number of carbonyl (C=O) groups is 1. The molecule has 0 aliphatic rings. The number of hydrogen-bond donors (Lipinski definition) is 2. The lowest BCUT2D eigenvalue weighted by atomic mass is 10.1. The number of hydrogen-bond acceptors (Lipinski definition) is 7. The first-order valence-corrected chi connectivity index (χ1v) is 9.56. The van der Waals surface area contributed by atoms with Crippen LogP contribution in [0.2, 0.25) is 0 Å². The number of nitrogens with zero attached hydrogens (tertiary/aromatic N) is 5. The van der Waals surface area contributed by atoms with Crippen molar-refractivity contribution in [2.45, 2.75) is 13.0 Å². The maximum atomic E-state index is 11.4. The highest BCUT2D eigenvalue weighted by molar-refractivity contribution is 5.98. The van der Waals surface area contributed by atoms with Gasteiger partial charge in [0.05, 0.1) is 11.5 Å². The highest BCUT2D eigenvalue weighted by Gasteiger charge is 2.19. The molecule has 0 aliphatic carbocycles. The van der Waals surface area contributed by atoms with Gasteiger partial charge in [-0.1, -0.05) is 18.2 Å². The molecule has 1 unspecified atom stereocenters. The van der Waals surface area contributed by atoms with Gasteiger partial charge in [-0.2, -0.15) is 10.4 Å². The van der Waals surface area contributed by atoms with Crippen molar-refractivity contribution in [1.29, 1.82) is 5.26 Å². The summed E-state index contributed by atoms with van der Waals surface area (Å²) in [5.74, 6) is 0.145. The number of aryl methyl sites for hydroxylation is 1. The molecule has 4 rings (SSSR count). The van der Waals surface area contributed by atoms with E-state index in [9.17, 15) is 4.79 Å². The number of fused-ring (bicyclic) bond motifs is 1. The summed E-state index contributed by atoms with van der Waals surface area (Å²) in [6.45, 7) is 0.281. The first-order valence-electron chi connectivity index (χ1n) is 9.56. The second-order valence-electron chi connectivity index (χ2n) is 6.84. The average molecular weight is 413 g/mol. The number of nitrogen functional groups attached to an aromatic ring is 1. The topological polar surface area (TPSA) is 146 Å². The predicted molar refractivity (Wildman–Crippen MR) is 115 cm³/mol. The van der Waals surface area contributed by atoms with E-state index < -0.39 is 11.8 Å². The van der Waals surface area contributed by atoms with Crippen LogP contribution in [0.5, 0.6) is 11.5 Å². The van der Waals surface area contributed by atoms with Crippen molar-refractivity contribution in [3.05, 3.63) is 60.9 Å². The van der Waals surface area contributed by atoms with E-state index in [1.807, 2.05) is 60.7 Å². The van der Waals surface area contributed by atoms with Gasteiger partial charge in [-0.3, -0.25) is 4.79 Å². The van der Waals surface area contributed by atoms with Gasteiger partial charge in [0, 0.05) is 12.1 Å². The summed E-state index contributed by atoms with van der Waals surface area (Å²) in [4.78, 5) is 19.7. The van der Waals surface area contributed by atoms with Crippen molar-refractivity contribution in [2.75, 3.05) is 5.73 Å². The zero-order valence-electron chi connectivity index (χ0n) is 16.5. The molecule has 31 heavy (non-hydrogen) atoms. The molecule has 0 radical (unpaired) electrons. The van der Waals surface area contributed by atoms with Crippen molar-refractivity contribution in [3.8, 4) is 28.8 Å². The Morgan fingerprint density at radius 2 is 1.81 bits per heavy atom. The van der Waals surface area contributed by atoms with Crippen molar-refractivity contribution in [3.63, 3.8) is 0 Å². The largest absolute Gasteiger partial charge is 0.457 e. The van der Waals surface area contributed by atoms with E-state index in [4.69, 9.17) is 21.5 Å². The molecule has 4 aromatic rings. The number of rotatable bonds is 7. The lowest BCUT2D eigenvalue weighted by Crippen LogP contribution is -2.23. The van der Waals surface area contributed by atoms with E-state index in [2.05, 4.69) is 15.1 Å². The highest BCUT2D eigenvalue weighted by atomic mass is 16.5. The minimum absolute atomic E-state index is 0.218. The standard InChI is InChI=1S/C22H19N7O2/c23-12-15(21(25)30)10-11-29-22-18(20(24)26-13-27-22)19(28-29)14-6-8-17(9-7-14)31-16-4-2-1-3-5-16/h1-9,13,15H,10-11H2,(H2,25,30)(H2,24,26,27). The van der Waals surface area contributed by atoms with E-state index in [0.717, 1.165) is 11.3 Å². The van der Waals surface area contributed by atoms with Crippen LogP contribution in [0, 0.1) is 17.2 Å². The van der Waals surface area contributed by atoms with Crippen LogP contribution < -0.4 is 16.2 Å². The minimum Gasteiger partial charge on any atom is -0.457 e. The quantitative estimate of drug-likeness (QED) is 0.473. The third-order valence-corrected chi connectivity index (χ3v) is 4.79. The molecule has 0 saturated heterocycles. The second kappa shape index (κ2) is 8.51. The van der Waals surface area contributed by atoms with E-state index in [1.165, 1.54) is 6.33 Å². The number of primary amides is 1. The molecule has 2 heterocycles. The molecule has 4 N–H and O–H groups in total. The average Bonchev–Trinajstić information content (AvgIpc) is 3.15. The number of nitriles is 1. The second-order valence-corrected chi connectivity index (χ2v) is 6.84. The predicted octanol–water partition coefficient (Wildman–Crippen LogP) is 2.88. The fourth-order valence-electron chi connectivity index (χ4n) is 3.22. The van der Waals surface area contributed by atoms with Gasteiger partial charge in [-0.05, 0) is 42.8 Å². The Hall–Kier alpha value is -4.45. The first kappa shape index (κ1) is 19.8. The first-order chi connectivity index (χ1) is 15.1. The Balaban J connectivity index is 1.66. The molecule has 1 amide bonds. The summed E-state index contributed by atoms with van der Waals surface area (Å²) in [6, 6.07) is 18.8. The summed E-state index contributed by atoms with van der Waals surface area (Å²) in [6.07, 6.45) is 1.57. The van der Waals surface area contributed by atoms with Crippen LogP contribution in [0.15, 0.2) is 60.9 Å². The van der Waals surface area contributed by atoms with Crippen molar-refractivity contribution < 1.29 is 9.53 Å². The van der Waals surface area contributed by atoms with Crippen LogP contribution in [-0.4, -0.2) is 25.7 Å². The number of aromatic nitrogens is 4. The van der Waals surface area contributed by atoms with Gasteiger partial charge in [-0.25, -0.2) is 14.6 Å². The molecule has 0 spiro atoms. The van der Waals surface area contributed by atoms with Gasteiger partial charge in [0.2, 0.25) is 5.91 Å². The molecular formula is C22H19N7O2. The van der Waals surface area contributed by atoms with Crippen LogP contribution in [0.3, 0.4) is 0 Å². The molecule has 9 nitrogen and oxygen atoms in total. The SMILES string of the molecule is N#CC(CCn1nc(-c2ccc(Oc3ccccc3)cc2)c2c(N)ncnc21)C(N)=O. The van der Waals surface area contributed by atoms with Crippen LogP contribution >= 0.6 is 0 Å². The molecule has 0 aliphatic heterocycles. The Morgan fingerprint density at radius 3 is 2.48 bits per heavy atom. The Bertz CT molecular complexity index is 1260. The molecule has 0 bridgehead atoms. The van der Waals surface area contributed by atoms with Gasteiger partial charge < -0.3 is 16.2 Å². The minimum atomic E-state index is -0.906. The lowest BCUT2D eigenvalue weighted by molar-refractivity contribution is -0.120. The van der Waals surface area contributed by atoms with Crippen LogP contribution in [-0.2, 0) is 11.3 Å². The number of anilines is 1. The lowest BCUT2D eigenvalue weighted by Gasteiger charge is -2.06. The molecule has 0 fully saturated rings. The summed E-state index contributed by atoms with van der Waals surface area (Å²) in [5, 5.41) is 14.3. The Kier molecular flexibility index (Phi) is 5.45. The number of amides is 1. The smallest absolute Gasteiger partial charge is 0.234 e. The van der Waals surface area contributed by atoms with Crippen LogP contribution in [0.25, 0.3) is 22.3 Å². The van der Waals surface area contributed by atoms with Gasteiger partial charge in [0.1, 0.15) is 35.3 Å². The van der Waals surface area contributed by atoms with E-state index in [1.54, 1.807) is 4.68 Å². The maximum Gasteiger partial charge on any atom is 0.234 e. The number of para-hydroxylation sites is 1. The summed E-state index contributed by atoms with van der Waals surface area (Å²) < 4.78 is 7.45. The van der Waals surface area contributed by atoms with E-state index in [-0.39, 0.29) is 13.0 Å². The van der Waals surface area contributed by atoms with E-state index >= 15 is 0 Å². The third kappa shape index (κ3) is 4.13. The van der Waals surface area contributed by atoms with Crippen molar-refractivity contribution >= 4 is 22.8 Å². The Morgan fingerprint density at radius 1 is 1.10 bits per heavy atom. The summed E-state index contributed by atoms with van der Waals surface area (Å²) in [7, 11) is 0. The van der Waals surface area contributed by atoms with E-state index in [0.29, 0.717) is 28.3 Å². The molecule has 9 heteroatoms. The van der Waals surface area contributed by atoms with Gasteiger partial charge in [-0.15, -0.1) is 0 Å². The number of carbonyl (C=O) groups excluding carboxylic acids is 1.